The fourth-order valence-corrected chi connectivity index (χ4v) is 1.91. The van der Waals surface area contributed by atoms with Crippen molar-refractivity contribution >= 4 is 28.8 Å². The first kappa shape index (κ1) is 11.5. The van der Waals surface area contributed by atoms with E-state index in [4.69, 9.17) is 11.6 Å². The molecule has 0 radical (unpaired) electrons. The number of amides is 1. The molecule has 2 atom stereocenters. The molecule has 0 bridgehead atoms. The lowest BCUT2D eigenvalue weighted by molar-refractivity contribution is -0.124. The smallest absolute Gasteiger partial charge is 0.224 e. The highest BCUT2D eigenvalue weighted by Gasteiger charge is 2.15. The van der Waals surface area contributed by atoms with Crippen molar-refractivity contribution in [2.45, 2.75) is 19.9 Å². The number of hydrogen-bond donors (Lipinski definition) is 1. The Hall–Kier alpha value is -0.540. The molecular formula is C10H14ClNOS. The zero-order valence-electron chi connectivity index (χ0n) is 8.29. The third-order valence-corrected chi connectivity index (χ3v) is 3.53. The van der Waals surface area contributed by atoms with Crippen molar-refractivity contribution in [2.24, 2.45) is 5.92 Å². The molecule has 0 saturated carbocycles. The zero-order valence-corrected chi connectivity index (χ0v) is 9.86. The van der Waals surface area contributed by atoms with Crippen LogP contribution in [-0.2, 0) is 4.79 Å². The number of carbonyl (C=O) groups is 1. The van der Waals surface area contributed by atoms with Crippen LogP contribution in [0.4, 0.5) is 0 Å². The van der Waals surface area contributed by atoms with Crippen LogP contribution in [0.1, 0.15) is 24.8 Å². The molecule has 78 valence electrons. The van der Waals surface area contributed by atoms with Gasteiger partial charge >= 0.3 is 0 Å². The van der Waals surface area contributed by atoms with Gasteiger partial charge in [-0.15, -0.1) is 22.9 Å². The van der Waals surface area contributed by atoms with Crippen LogP contribution in [0.15, 0.2) is 17.5 Å². The second kappa shape index (κ2) is 5.37. The molecular weight excluding hydrogens is 218 g/mol. The van der Waals surface area contributed by atoms with Gasteiger partial charge in [0.05, 0.1) is 6.04 Å². The van der Waals surface area contributed by atoms with Gasteiger partial charge in [0.2, 0.25) is 5.91 Å². The summed E-state index contributed by atoms with van der Waals surface area (Å²) in [6.45, 7) is 3.80. The molecule has 1 rings (SSSR count). The van der Waals surface area contributed by atoms with Crippen molar-refractivity contribution in [1.82, 2.24) is 5.32 Å². The molecule has 0 aliphatic heterocycles. The van der Waals surface area contributed by atoms with Gasteiger partial charge in [-0.3, -0.25) is 4.79 Å². The minimum absolute atomic E-state index is 0.0147. The van der Waals surface area contributed by atoms with Gasteiger partial charge in [-0.1, -0.05) is 13.0 Å². The maximum atomic E-state index is 11.5. The van der Waals surface area contributed by atoms with Crippen LogP contribution in [-0.4, -0.2) is 11.8 Å². The molecule has 0 aliphatic rings. The van der Waals surface area contributed by atoms with Crippen LogP contribution >= 0.6 is 22.9 Å². The van der Waals surface area contributed by atoms with Crippen molar-refractivity contribution in [3.63, 3.8) is 0 Å². The predicted molar refractivity (Wildman–Crippen MR) is 60.8 cm³/mol. The van der Waals surface area contributed by atoms with Crippen LogP contribution in [0.2, 0.25) is 0 Å². The Morgan fingerprint density at radius 1 is 1.64 bits per heavy atom. The van der Waals surface area contributed by atoms with Gasteiger partial charge in [-0.05, 0) is 18.4 Å². The van der Waals surface area contributed by atoms with Crippen molar-refractivity contribution < 1.29 is 4.79 Å². The summed E-state index contributed by atoms with van der Waals surface area (Å²) in [5.74, 6) is 0.253. The highest BCUT2D eigenvalue weighted by atomic mass is 35.5. The highest BCUT2D eigenvalue weighted by molar-refractivity contribution is 7.10. The fourth-order valence-electron chi connectivity index (χ4n) is 1.03. The van der Waals surface area contributed by atoms with E-state index in [1.807, 2.05) is 31.4 Å². The minimum atomic E-state index is -0.126. The lowest BCUT2D eigenvalue weighted by Gasteiger charge is -2.14. The predicted octanol–water partition coefficient (Wildman–Crippen LogP) is 2.80. The van der Waals surface area contributed by atoms with E-state index in [9.17, 15) is 4.79 Å². The number of hydrogen-bond acceptors (Lipinski definition) is 2. The molecule has 2 unspecified atom stereocenters. The lowest BCUT2D eigenvalue weighted by Crippen LogP contribution is -2.31. The number of halogens is 1. The summed E-state index contributed by atoms with van der Waals surface area (Å²) in [5.41, 5.74) is 0. The van der Waals surface area contributed by atoms with E-state index in [0.29, 0.717) is 5.88 Å². The van der Waals surface area contributed by atoms with Gasteiger partial charge in [-0.25, -0.2) is 0 Å². The standard InChI is InChI=1S/C10H14ClNOS/c1-7(6-11)10(13)12-8(2)9-4-3-5-14-9/h3-5,7-8H,6H2,1-2H3,(H,12,13). The lowest BCUT2D eigenvalue weighted by atomic mass is 10.2. The van der Waals surface area contributed by atoms with Gasteiger partial charge in [0, 0.05) is 16.7 Å². The molecule has 1 heterocycles. The van der Waals surface area contributed by atoms with Crippen molar-refractivity contribution in [2.75, 3.05) is 5.88 Å². The third-order valence-electron chi connectivity index (χ3n) is 2.01. The summed E-state index contributed by atoms with van der Waals surface area (Å²) in [6, 6.07) is 4.07. The Bertz CT molecular complexity index is 286. The Morgan fingerprint density at radius 2 is 2.36 bits per heavy atom. The van der Waals surface area contributed by atoms with E-state index >= 15 is 0 Å². The molecule has 0 spiro atoms. The average Bonchev–Trinajstić information content (AvgIpc) is 2.69. The molecule has 1 amide bonds. The molecule has 14 heavy (non-hydrogen) atoms. The molecule has 0 aliphatic carbocycles. The largest absolute Gasteiger partial charge is 0.349 e. The Balaban J connectivity index is 2.49. The molecule has 0 fully saturated rings. The molecule has 2 nitrogen and oxygen atoms in total. The number of rotatable bonds is 4. The number of nitrogens with one attached hydrogen (secondary N) is 1. The summed E-state index contributed by atoms with van der Waals surface area (Å²) < 4.78 is 0. The van der Waals surface area contributed by atoms with Crippen LogP contribution < -0.4 is 5.32 Å². The minimum Gasteiger partial charge on any atom is -0.349 e. The van der Waals surface area contributed by atoms with Crippen LogP contribution in [0.5, 0.6) is 0 Å². The van der Waals surface area contributed by atoms with Gasteiger partial charge in [0.1, 0.15) is 0 Å². The fraction of sp³-hybridized carbons (Fsp3) is 0.500. The van der Waals surface area contributed by atoms with Gasteiger partial charge in [-0.2, -0.15) is 0 Å². The monoisotopic (exact) mass is 231 g/mol. The zero-order chi connectivity index (χ0) is 10.6. The Morgan fingerprint density at radius 3 is 2.86 bits per heavy atom. The topological polar surface area (TPSA) is 29.1 Å². The number of alkyl halides is 1. The maximum Gasteiger partial charge on any atom is 0.224 e. The van der Waals surface area contributed by atoms with Gasteiger partial charge < -0.3 is 5.32 Å². The van der Waals surface area contributed by atoms with E-state index in [-0.39, 0.29) is 17.9 Å². The van der Waals surface area contributed by atoms with Gasteiger partial charge in [0.25, 0.3) is 0 Å². The quantitative estimate of drug-likeness (QED) is 0.794. The summed E-state index contributed by atoms with van der Waals surface area (Å²) in [6.07, 6.45) is 0. The van der Waals surface area contributed by atoms with E-state index in [1.165, 1.54) is 4.88 Å². The molecule has 1 aromatic rings. The first-order valence-electron chi connectivity index (χ1n) is 4.55. The SMILES string of the molecule is CC(CCl)C(=O)NC(C)c1cccs1. The average molecular weight is 232 g/mol. The van der Waals surface area contributed by atoms with Gasteiger partial charge in [0.15, 0.2) is 0 Å². The normalized spacial score (nSPS) is 14.8. The molecule has 1 aromatic heterocycles. The first-order chi connectivity index (χ1) is 6.65. The summed E-state index contributed by atoms with van der Waals surface area (Å²) in [7, 11) is 0. The summed E-state index contributed by atoms with van der Waals surface area (Å²) in [5, 5.41) is 4.92. The molecule has 4 heteroatoms. The second-order valence-corrected chi connectivity index (χ2v) is 4.59. The maximum absolute atomic E-state index is 11.5. The third kappa shape index (κ3) is 3.00. The summed E-state index contributed by atoms with van der Waals surface area (Å²) >= 11 is 7.24. The van der Waals surface area contributed by atoms with Crippen molar-refractivity contribution in [3.05, 3.63) is 22.4 Å². The van der Waals surface area contributed by atoms with Crippen LogP contribution in [0, 0.1) is 5.92 Å². The van der Waals surface area contributed by atoms with Crippen LogP contribution in [0.3, 0.4) is 0 Å². The Kier molecular flexibility index (Phi) is 4.42. The molecule has 0 aromatic carbocycles. The summed E-state index contributed by atoms with van der Waals surface area (Å²) in [4.78, 5) is 12.7. The van der Waals surface area contributed by atoms with Crippen LogP contribution in [0.25, 0.3) is 0 Å². The van der Waals surface area contributed by atoms with Crippen molar-refractivity contribution in [1.29, 1.82) is 0 Å². The number of carbonyl (C=O) groups excluding carboxylic acids is 1. The number of thiophene rings is 1. The second-order valence-electron chi connectivity index (χ2n) is 3.30. The highest BCUT2D eigenvalue weighted by Crippen LogP contribution is 2.18. The van der Waals surface area contributed by atoms with E-state index in [1.54, 1.807) is 11.3 Å². The first-order valence-corrected chi connectivity index (χ1v) is 5.96. The van der Waals surface area contributed by atoms with E-state index in [2.05, 4.69) is 5.32 Å². The van der Waals surface area contributed by atoms with E-state index < -0.39 is 0 Å². The van der Waals surface area contributed by atoms with Crippen molar-refractivity contribution in [3.8, 4) is 0 Å². The molecule has 1 N–H and O–H groups in total. The van der Waals surface area contributed by atoms with E-state index in [0.717, 1.165) is 0 Å². The molecule has 0 saturated heterocycles. The Labute approximate surface area is 93.3 Å².